The van der Waals surface area contributed by atoms with E-state index in [1.807, 2.05) is 0 Å². The number of halogens is 3. The number of carbonyl (C=O) groups is 3. The minimum absolute atomic E-state index is 0.0738. The van der Waals surface area contributed by atoms with Gasteiger partial charge in [0.05, 0.1) is 17.9 Å². The van der Waals surface area contributed by atoms with Gasteiger partial charge in [0.1, 0.15) is 12.4 Å². The maximum atomic E-state index is 12.7. The van der Waals surface area contributed by atoms with Crippen molar-refractivity contribution in [3.05, 3.63) is 59.7 Å². The van der Waals surface area contributed by atoms with Crippen molar-refractivity contribution in [1.29, 1.82) is 0 Å². The largest absolute Gasteiger partial charge is 0.492 e. The van der Waals surface area contributed by atoms with Crippen LogP contribution in [-0.4, -0.2) is 47.9 Å². The Morgan fingerprint density at radius 2 is 1.87 bits per heavy atom. The molecule has 0 spiro atoms. The van der Waals surface area contributed by atoms with Gasteiger partial charge in [0.2, 0.25) is 5.91 Å². The maximum Gasteiger partial charge on any atom is 0.416 e. The lowest BCUT2D eigenvalue weighted by Crippen LogP contribution is -2.32. The Morgan fingerprint density at radius 3 is 2.47 bits per heavy atom. The van der Waals surface area contributed by atoms with Gasteiger partial charge in [-0.3, -0.25) is 19.3 Å². The van der Waals surface area contributed by atoms with Crippen LogP contribution in [0.15, 0.2) is 48.5 Å². The van der Waals surface area contributed by atoms with Crippen molar-refractivity contribution >= 4 is 34.5 Å². The van der Waals surface area contributed by atoms with Crippen molar-refractivity contribution < 1.29 is 32.3 Å². The van der Waals surface area contributed by atoms with Crippen molar-refractivity contribution in [1.82, 2.24) is 4.90 Å². The van der Waals surface area contributed by atoms with Gasteiger partial charge >= 0.3 is 6.18 Å². The molecule has 2 aromatic carbocycles. The summed E-state index contributed by atoms with van der Waals surface area (Å²) in [5.41, 5.74) is -0.211. The predicted molar refractivity (Wildman–Crippen MR) is 106 cm³/mol. The number of nitrogens with zero attached hydrogens (tertiary/aromatic N) is 2. The van der Waals surface area contributed by atoms with E-state index in [0.717, 1.165) is 28.8 Å². The summed E-state index contributed by atoms with van der Waals surface area (Å²) in [6, 6.07) is 10.6. The quantitative estimate of drug-likeness (QED) is 0.681. The number of carbonyl (C=O) groups excluding carboxylic acids is 3. The predicted octanol–water partition coefficient (Wildman–Crippen LogP) is 4.06. The fourth-order valence-corrected chi connectivity index (χ4v) is 3.51. The number of rotatable bonds is 6. The van der Waals surface area contributed by atoms with E-state index in [1.54, 1.807) is 18.2 Å². The molecular formula is C20H17F3N2O4S. The standard InChI is InChI=1S/C20H17F3N2O4S/c1-24(15-7-5-14(6-8-15)20(21,22)23)18(27)13-3-2-4-16(11-13)29-10-9-25-17(26)12-30-19(25)28/h2-8,11H,9-10,12H2,1H3. The first kappa shape index (κ1) is 21.7. The Labute approximate surface area is 174 Å². The second-order valence-corrected chi connectivity index (χ2v) is 7.31. The van der Waals surface area contributed by atoms with Crippen LogP contribution in [0.5, 0.6) is 5.75 Å². The zero-order valence-corrected chi connectivity index (χ0v) is 16.6. The first-order valence-electron chi connectivity index (χ1n) is 8.82. The van der Waals surface area contributed by atoms with Crippen LogP contribution in [0.2, 0.25) is 0 Å². The normalized spacial score (nSPS) is 14.2. The van der Waals surface area contributed by atoms with Gasteiger partial charge in [0, 0.05) is 18.3 Å². The molecule has 0 N–H and O–H groups in total. The minimum Gasteiger partial charge on any atom is -0.492 e. The number of alkyl halides is 3. The SMILES string of the molecule is CN(C(=O)c1cccc(OCCN2C(=O)CSC2=O)c1)c1ccc(C(F)(F)F)cc1. The molecule has 6 nitrogen and oxygen atoms in total. The van der Waals surface area contributed by atoms with Crippen LogP contribution in [0.3, 0.4) is 0 Å². The second-order valence-electron chi connectivity index (χ2n) is 6.39. The molecule has 0 radical (unpaired) electrons. The molecule has 0 saturated carbocycles. The summed E-state index contributed by atoms with van der Waals surface area (Å²) in [4.78, 5) is 38.2. The molecule has 1 aliphatic rings. The number of hydrogen-bond acceptors (Lipinski definition) is 5. The summed E-state index contributed by atoms with van der Waals surface area (Å²) in [6.07, 6.45) is -4.45. The van der Waals surface area contributed by atoms with Crippen LogP contribution in [0, 0.1) is 0 Å². The average molecular weight is 438 g/mol. The maximum absolute atomic E-state index is 12.7. The van der Waals surface area contributed by atoms with E-state index >= 15 is 0 Å². The second kappa shape index (κ2) is 8.78. The summed E-state index contributed by atoms with van der Waals surface area (Å²) < 4.78 is 43.6. The highest BCUT2D eigenvalue weighted by Gasteiger charge is 2.30. The molecule has 1 heterocycles. The van der Waals surface area contributed by atoms with Crippen molar-refractivity contribution in [2.75, 3.05) is 30.9 Å². The molecule has 158 valence electrons. The number of anilines is 1. The van der Waals surface area contributed by atoms with Crippen LogP contribution < -0.4 is 9.64 Å². The minimum atomic E-state index is -4.45. The Balaban J connectivity index is 1.63. The van der Waals surface area contributed by atoms with E-state index in [0.29, 0.717) is 11.4 Å². The summed E-state index contributed by atoms with van der Waals surface area (Å²) in [5, 5.41) is -0.314. The monoisotopic (exact) mass is 438 g/mol. The summed E-state index contributed by atoms with van der Waals surface area (Å²) in [7, 11) is 1.46. The van der Waals surface area contributed by atoms with Gasteiger partial charge in [0.25, 0.3) is 11.1 Å². The molecule has 30 heavy (non-hydrogen) atoms. The fraction of sp³-hybridized carbons (Fsp3) is 0.250. The van der Waals surface area contributed by atoms with Gasteiger partial charge in [0.15, 0.2) is 0 Å². The Kier molecular flexibility index (Phi) is 6.35. The van der Waals surface area contributed by atoms with Crippen LogP contribution in [0.4, 0.5) is 23.7 Å². The summed E-state index contributed by atoms with van der Waals surface area (Å²) in [6.45, 7) is 0.179. The lowest BCUT2D eigenvalue weighted by molar-refractivity contribution is -0.137. The molecule has 0 atom stereocenters. The van der Waals surface area contributed by atoms with Gasteiger partial charge in [-0.05, 0) is 42.5 Å². The lowest BCUT2D eigenvalue weighted by atomic mass is 10.1. The number of hydrogen-bond donors (Lipinski definition) is 0. The van der Waals surface area contributed by atoms with Crippen LogP contribution in [-0.2, 0) is 11.0 Å². The van der Waals surface area contributed by atoms with Crippen molar-refractivity contribution in [2.24, 2.45) is 0 Å². The molecule has 3 amide bonds. The van der Waals surface area contributed by atoms with Crippen LogP contribution in [0.1, 0.15) is 15.9 Å². The van der Waals surface area contributed by atoms with Crippen LogP contribution >= 0.6 is 11.8 Å². The molecule has 0 aliphatic carbocycles. The molecule has 2 aromatic rings. The van der Waals surface area contributed by atoms with Crippen molar-refractivity contribution in [3.63, 3.8) is 0 Å². The molecular weight excluding hydrogens is 421 g/mol. The van der Waals surface area contributed by atoms with E-state index in [-0.39, 0.29) is 35.6 Å². The smallest absolute Gasteiger partial charge is 0.416 e. The Hall–Kier alpha value is -3.01. The first-order valence-corrected chi connectivity index (χ1v) is 9.80. The topological polar surface area (TPSA) is 66.9 Å². The van der Waals surface area contributed by atoms with E-state index in [1.165, 1.54) is 30.1 Å². The van der Waals surface area contributed by atoms with Crippen molar-refractivity contribution in [3.8, 4) is 5.75 Å². The molecule has 1 fully saturated rings. The molecule has 3 rings (SSSR count). The molecule has 1 aliphatic heterocycles. The number of imide groups is 1. The molecule has 0 bridgehead atoms. The number of amides is 3. The molecule has 0 unspecified atom stereocenters. The fourth-order valence-electron chi connectivity index (χ4n) is 2.76. The number of benzene rings is 2. The van der Waals surface area contributed by atoms with Crippen LogP contribution in [0.25, 0.3) is 0 Å². The zero-order chi connectivity index (χ0) is 21.9. The first-order chi connectivity index (χ1) is 14.2. The highest BCUT2D eigenvalue weighted by Crippen LogP contribution is 2.30. The zero-order valence-electron chi connectivity index (χ0n) is 15.8. The Morgan fingerprint density at radius 1 is 1.17 bits per heavy atom. The molecule has 0 aromatic heterocycles. The molecule has 10 heteroatoms. The average Bonchev–Trinajstić information content (AvgIpc) is 3.04. The third kappa shape index (κ3) is 4.93. The molecule has 1 saturated heterocycles. The van der Waals surface area contributed by atoms with Crippen molar-refractivity contribution in [2.45, 2.75) is 6.18 Å². The van der Waals surface area contributed by atoms with E-state index in [9.17, 15) is 27.6 Å². The Bertz CT molecular complexity index is 947. The van der Waals surface area contributed by atoms with E-state index in [4.69, 9.17) is 4.74 Å². The van der Waals surface area contributed by atoms with Gasteiger partial charge in [-0.15, -0.1) is 0 Å². The van der Waals surface area contributed by atoms with E-state index in [2.05, 4.69) is 0 Å². The van der Waals surface area contributed by atoms with Gasteiger partial charge in [-0.1, -0.05) is 17.8 Å². The van der Waals surface area contributed by atoms with E-state index < -0.39 is 17.6 Å². The lowest BCUT2D eigenvalue weighted by Gasteiger charge is -2.19. The summed E-state index contributed by atoms with van der Waals surface area (Å²) in [5.74, 6) is -0.204. The van der Waals surface area contributed by atoms with Gasteiger partial charge in [-0.2, -0.15) is 13.2 Å². The number of thioether (sulfide) groups is 1. The summed E-state index contributed by atoms with van der Waals surface area (Å²) >= 11 is 0.939. The van der Waals surface area contributed by atoms with Gasteiger partial charge in [-0.25, -0.2) is 0 Å². The third-order valence-electron chi connectivity index (χ3n) is 4.39. The highest BCUT2D eigenvalue weighted by molar-refractivity contribution is 8.14. The highest BCUT2D eigenvalue weighted by atomic mass is 32.2. The third-order valence-corrected chi connectivity index (χ3v) is 5.25. The van der Waals surface area contributed by atoms with Gasteiger partial charge < -0.3 is 9.64 Å². The number of ether oxygens (including phenoxy) is 1.